The molecule has 0 radical (unpaired) electrons. The maximum Gasteiger partial charge on any atom is 0.408 e. The van der Waals surface area contributed by atoms with Crippen molar-refractivity contribution in [1.29, 1.82) is 0 Å². The zero-order valence-corrected chi connectivity index (χ0v) is 17.8. The molecule has 0 saturated carbocycles. The summed E-state index contributed by atoms with van der Waals surface area (Å²) in [6.07, 6.45) is 0.757. The van der Waals surface area contributed by atoms with Crippen molar-refractivity contribution in [3.8, 4) is 5.75 Å². The summed E-state index contributed by atoms with van der Waals surface area (Å²) in [4.78, 5) is 36.5. The molecule has 0 fully saturated rings. The van der Waals surface area contributed by atoms with Crippen LogP contribution >= 0.6 is 0 Å². The molecule has 1 amide bonds. The molecule has 162 valence electrons. The van der Waals surface area contributed by atoms with Gasteiger partial charge in [0.05, 0.1) is 0 Å². The minimum Gasteiger partial charge on any atom is -0.445 e. The number of carbonyl (C=O) groups excluding carboxylic acids is 2. The molecule has 3 aromatic rings. The highest BCUT2D eigenvalue weighted by Gasteiger charge is 2.19. The molecule has 7 heteroatoms. The fraction of sp³-hybridized carbons (Fsp3) is 0.292. The smallest absolute Gasteiger partial charge is 0.408 e. The van der Waals surface area contributed by atoms with Crippen LogP contribution in [0.4, 0.5) is 4.79 Å². The first-order chi connectivity index (χ1) is 14.9. The van der Waals surface area contributed by atoms with E-state index in [2.05, 4.69) is 5.32 Å². The van der Waals surface area contributed by atoms with Crippen LogP contribution in [0.25, 0.3) is 11.0 Å². The third kappa shape index (κ3) is 5.51. The summed E-state index contributed by atoms with van der Waals surface area (Å²) in [6.45, 7) is 5.47. The van der Waals surface area contributed by atoms with Crippen LogP contribution in [0.1, 0.15) is 37.0 Å². The third-order valence-corrected chi connectivity index (χ3v) is 4.88. The summed E-state index contributed by atoms with van der Waals surface area (Å²) in [5.74, 6) is -0.452. The van der Waals surface area contributed by atoms with Crippen LogP contribution in [0.3, 0.4) is 0 Å². The van der Waals surface area contributed by atoms with Gasteiger partial charge in [0.2, 0.25) is 0 Å². The molecule has 1 aromatic heterocycles. The second-order valence-corrected chi connectivity index (χ2v) is 7.25. The highest BCUT2D eigenvalue weighted by molar-refractivity contribution is 5.85. The molecule has 3 rings (SSSR count). The summed E-state index contributed by atoms with van der Waals surface area (Å²) in [7, 11) is 0. The Kier molecular flexibility index (Phi) is 7.07. The van der Waals surface area contributed by atoms with E-state index in [1.807, 2.05) is 44.2 Å². The Morgan fingerprint density at radius 3 is 2.58 bits per heavy atom. The minimum atomic E-state index is -0.931. The molecule has 0 saturated heterocycles. The van der Waals surface area contributed by atoms with E-state index in [4.69, 9.17) is 13.9 Å². The first-order valence-corrected chi connectivity index (χ1v) is 10.1. The van der Waals surface area contributed by atoms with E-state index >= 15 is 0 Å². The Morgan fingerprint density at radius 1 is 1.13 bits per heavy atom. The summed E-state index contributed by atoms with van der Waals surface area (Å²) in [5, 5.41) is 3.23. The van der Waals surface area contributed by atoms with Gasteiger partial charge in [-0.25, -0.2) is 14.4 Å². The molecule has 0 aliphatic heterocycles. The maximum atomic E-state index is 12.3. The van der Waals surface area contributed by atoms with E-state index in [1.165, 1.54) is 13.0 Å². The zero-order chi connectivity index (χ0) is 22.4. The van der Waals surface area contributed by atoms with E-state index in [1.54, 1.807) is 12.1 Å². The van der Waals surface area contributed by atoms with E-state index in [0.29, 0.717) is 17.6 Å². The number of alkyl carbamates (subject to hydrolysis) is 1. The van der Waals surface area contributed by atoms with E-state index in [9.17, 15) is 14.4 Å². The Morgan fingerprint density at radius 2 is 1.87 bits per heavy atom. The first-order valence-electron chi connectivity index (χ1n) is 10.1. The van der Waals surface area contributed by atoms with Crippen LogP contribution in [0, 0.1) is 6.92 Å². The number of rotatable bonds is 7. The Hall–Kier alpha value is -3.61. The maximum absolute atomic E-state index is 12.3. The van der Waals surface area contributed by atoms with Gasteiger partial charge in [0.25, 0.3) is 0 Å². The van der Waals surface area contributed by atoms with Gasteiger partial charge in [-0.15, -0.1) is 0 Å². The molecule has 31 heavy (non-hydrogen) atoms. The van der Waals surface area contributed by atoms with E-state index < -0.39 is 18.1 Å². The standard InChI is InChI=1S/C24H25NO6/c1-4-8-20-15(2)19-12-11-18(13-21(19)31-23(20)27)30-22(26)16(3)25-24(28)29-14-17-9-6-5-7-10-17/h5-7,9-13,16H,4,8,14H2,1-3H3,(H,25,28)/t16-/m1/s1. The van der Waals surface area contributed by atoms with Crippen molar-refractivity contribution in [2.45, 2.75) is 46.3 Å². The van der Waals surface area contributed by atoms with Gasteiger partial charge in [0, 0.05) is 17.0 Å². The van der Waals surface area contributed by atoms with Gasteiger partial charge in [-0.3, -0.25) is 0 Å². The lowest BCUT2D eigenvalue weighted by molar-refractivity contribution is -0.136. The number of hydrogen-bond acceptors (Lipinski definition) is 6. The third-order valence-electron chi connectivity index (χ3n) is 4.88. The van der Waals surface area contributed by atoms with Crippen molar-refractivity contribution in [3.05, 3.63) is 75.6 Å². The first kappa shape index (κ1) is 22.1. The predicted molar refractivity (Wildman–Crippen MR) is 116 cm³/mol. The van der Waals surface area contributed by atoms with Crippen molar-refractivity contribution in [1.82, 2.24) is 5.32 Å². The molecule has 0 aliphatic rings. The minimum absolute atomic E-state index is 0.0948. The number of esters is 1. The number of amides is 1. The summed E-state index contributed by atoms with van der Waals surface area (Å²) in [6, 6.07) is 13.2. The van der Waals surface area contributed by atoms with Crippen molar-refractivity contribution in [2.75, 3.05) is 0 Å². The highest BCUT2D eigenvalue weighted by Crippen LogP contribution is 2.25. The Labute approximate surface area is 180 Å². The zero-order valence-electron chi connectivity index (χ0n) is 17.8. The Balaban J connectivity index is 1.63. The molecule has 1 N–H and O–H groups in total. The average molecular weight is 423 g/mol. The molecule has 7 nitrogen and oxygen atoms in total. The largest absolute Gasteiger partial charge is 0.445 e. The molecule has 0 unspecified atom stereocenters. The molecule has 0 spiro atoms. The predicted octanol–water partition coefficient (Wildman–Crippen LogP) is 4.27. The van der Waals surface area contributed by atoms with Gasteiger partial charge < -0.3 is 19.2 Å². The second-order valence-electron chi connectivity index (χ2n) is 7.25. The van der Waals surface area contributed by atoms with E-state index in [0.717, 1.165) is 22.9 Å². The number of nitrogens with one attached hydrogen (secondary N) is 1. The number of aryl methyl sites for hydroxylation is 1. The topological polar surface area (TPSA) is 94.8 Å². The summed E-state index contributed by atoms with van der Waals surface area (Å²) in [5.41, 5.74) is 2.32. The molecule has 1 atom stereocenters. The van der Waals surface area contributed by atoms with Crippen molar-refractivity contribution < 1.29 is 23.5 Å². The number of carbonyl (C=O) groups is 2. The summed E-state index contributed by atoms with van der Waals surface area (Å²) >= 11 is 0. The fourth-order valence-corrected chi connectivity index (χ4v) is 3.18. The van der Waals surface area contributed by atoms with Crippen LogP contribution in [0.15, 0.2) is 57.7 Å². The normalized spacial score (nSPS) is 11.7. The molecular formula is C24H25NO6. The van der Waals surface area contributed by atoms with Gasteiger partial charge in [0.15, 0.2) is 0 Å². The van der Waals surface area contributed by atoms with Crippen LogP contribution in [-0.4, -0.2) is 18.1 Å². The van der Waals surface area contributed by atoms with Crippen LogP contribution in [0.5, 0.6) is 5.75 Å². The van der Waals surface area contributed by atoms with Gasteiger partial charge in [-0.2, -0.15) is 0 Å². The molecular weight excluding hydrogens is 398 g/mol. The lowest BCUT2D eigenvalue weighted by Crippen LogP contribution is -2.41. The fourth-order valence-electron chi connectivity index (χ4n) is 3.18. The number of fused-ring (bicyclic) bond motifs is 1. The van der Waals surface area contributed by atoms with Gasteiger partial charge in [0.1, 0.15) is 24.0 Å². The molecule has 0 bridgehead atoms. The average Bonchev–Trinajstić information content (AvgIpc) is 2.75. The number of ether oxygens (including phenoxy) is 2. The quantitative estimate of drug-likeness (QED) is 0.346. The Bertz CT molecular complexity index is 1140. The van der Waals surface area contributed by atoms with Crippen molar-refractivity contribution in [2.24, 2.45) is 0 Å². The summed E-state index contributed by atoms with van der Waals surface area (Å²) < 4.78 is 15.9. The monoisotopic (exact) mass is 423 g/mol. The van der Waals surface area contributed by atoms with Crippen molar-refractivity contribution in [3.63, 3.8) is 0 Å². The van der Waals surface area contributed by atoms with Crippen molar-refractivity contribution >= 4 is 23.0 Å². The lowest BCUT2D eigenvalue weighted by Gasteiger charge is -2.14. The van der Waals surface area contributed by atoms with Crippen LogP contribution in [-0.2, 0) is 22.6 Å². The highest BCUT2D eigenvalue weighted by atomic mass is 16.6. The molecule has 1 heterocycles. The van der Waals surface area contributed by atoms with Gasteiger partial charge in [-0.1, -0.05) is 43.7 Å². The van der Waals surface area contributed by atoms with Crippen LogP contribution < -0.4 is 15.7 Å². The van der Waals surface area contributed by atoms with Gasteiger partial charge >= 0.3 is 17.7 Å². The lowest BCUT2D eigenvalue weighted by atomic mass is 10.0. The second kappa shape index (κ2) is 9.93. The number of hydrogen-bond donors (Lipinski definition) is 1. The molecule has 0 aliphatic carbocycles. The molecule has 2 aromatic carbocycles. The SMILES string of the molecule is CCCc1c(C)c2ccc(OC(=O)[C@@H](C)NC(=O)OCc3ccccc3)cc2oc1=O. The van der Waals surface area contributed by atoms with Crippen LogP contribution in [0.2, 0.25) is 0 Å². The number of benzene rings is 2. The van der Waals surface area contributed by atoms with Gasteiger partial charge in [-0.05, 0) is 43.5 Å². The van der Waals surface area contributed by atoms with E-state index in [-0.39, 0.29) is 18.0 Å².